The third-order valence-electron chi connectivity index (χ3n) is 6.01. The number of para-hydroxylation sites is 1. The number of thiophene rings is 1. The maximum Gasteiger partial charge on any atom is 0.264 e. The van der Waals surface area contributed by atoms with Crippen LogP contribution in [0.1, 0.15) is 52.8 Å². The number of carbonyl (C=O) groups is 2. The third-order valence-corrected chi connectivity index (χ3v) is 7.18. The van der Waals surface area contributed by atoms with Crippen LogP contribution in [0.2, 0.25) is 0 Å². The fraction of sp³-hybridized carbons (Fsp3) is 0.417. The van der Waals surface area contributed by atoms with Crippen molar-refractivity contribution >= 4 is 39.1 Å². The van der Waals surface area contributed by atoms with Crippen molar-refractivity contribution in [1.29, 1.82) is 0 Å². The first-order valence-electron chi connectivity index (χ1n) is 11.1. The van der Waals surface area contributed by atoms with E-state index in [9.17, 15) is 14.4 Å². The zero-order valence-corrected chi connectivity index (χ0v) is 19.6. The molecule has 0 saturated heterocycles. The number of fused-ring (bicyclic) bond motifs is 2. The minimum atomic E-state index is -0.274. The van der Waals surface area contributed by atoms with Gasteiger partial charge in [0.15, 0.2) is 0 Å². The fourth-order valence-corrected chi connectivity index (χ4v) is 5.40. The summed E-state index contributed by atoms with van der Waals surface area (Å²) in [6, 6.07) is 7.64. The number of aryl methyl sites for hydroxylation is 3. The zero-order valence-electron chi connectivity index (χ0n) is 18.7. The maximum atomic E-state index is 13.2. The Labute approximate surface area is 191 Å². The quantitative estimate of drug-likeness (QED) is 0.639. The SMILES string of the molecule is CCc1ccccc1NC(=O)CN(C)C(=O)c1sc2nc3n(c(=O)c2c1C)CCCCC3. The van der Waals surface area contributed by atoms with Gasteiger partial charge in [0.05, 0.1) is 16.8 Å². The molecule has 2 amide bonds. The van der Waals surface area contributed by atoms with E-state index in [1.54, 1.807) is 18.5 Å². The summed E-state index contributed by atoms with van der Waals surface area (Å²) < 4.78 is 1.77. The molecule has 3 heterocycles. The van der Waals surface area contributed by atoms with Crippen molar-refractivity contribution in [3.63, 3.8) is 0 Å². The molecule has 2 aromatic heterocycles. The van der Waals surface area contributed by atoms with Crippen LogP contribution in [0.5, 0.6) is 0 Å². The normalized spacial score (nSPS) is 13.5. The molecule has 0 aliphatic carbocycles. The molecule has 8 heteroatoms. The van der Waals surface area contributed by atoms with Crippen molar-refractivity contribution in [2.75, 3.05) is 18.9 Å². The molecule has 168 valence electrons. The van der Waals surface area contributed by atoms with Crippen LogP contribution in [0.15, 0.2) is 29.1 Å². The predicted molar refractivity (Wildman–Crippen MR) is 128 cm³/mol. The van der Waals surface area contributed by atoms with E-state index >= 15 is 0 Å². The van der Waals surface area contributed by atoms with Gasteiger partial charge in [-0.2, -0.15) is 0 Å². The second kappa shape index (κ2) is 9.24. The summed E-state index contributed by atoms with van der Waals surface area (Å²) >= 11 is 1.24. The molecule has 4 rings (SSSR count). The van der Waals surface area contributed by atoms with Gasteiger partial charge in [-0.05, 0) is 43.4 Å². The minimum Gasteiger partial charge on any atom is -0.332 e. The number of nitrogens with zero attached hydrogens (tertiary/aromatic N) is 3. The van der Waals surface area contributed by atoms with E-state index in [1.165, 1.54) is 16.2 Å². The largest absolute Gasteiger partial charge is 0.332 e. The summed E-state index contributed by atoms with van der Waals surface area (Å²) in [5.41, 5.74) is 2.39. The van der Waals surface area contributed by atoms with Crippen LogP contribution < -0.4 is 10.9 Å². The first-order valence-corrected chi connectivity index (χ1v) is 11.9. The van der Waals surface area contributed by atoms with E-state index in [-0.39, 0.29) is 23.9 Å². The van der Waals surface area contributed by atoms with Crippen molar-refractivity contribution < 1.29 is 9.59 Å². The van der Waals surface area contributed by atoms with Crippen LogP contribution in [0.4, 0.5) is 5.69 Å². The molecular weight excluding hydrogens is 424 g/mol. The molecule has 1 aliphatic rings. The standard InChI is InChI=1S/C24H28N4O3S/c1-4-16-10-7-8-11-17(16)25-19(29)14-27(3)24(31)21-15(2)20-22(32-21)26-18-12-6-5-9-13-28(18)23(20)30/h7-8,10-11H,4-6,9,12-14H2,1-3H3,(H,25,29). The summed E-state index contributed by atoms with van der Waals surface area (Å²) in [6.07, 6.45) is 4.67. The summed E-state index contributed by atoms with van der Waals surface area (Å²) in [4.78, 5) is 46.1. The average molecular weight is 453 g/mol. The van der Waals surface area contributed by atoms with Crippen LogP contribution in [-0.2, 0) is 24.2 Å². The van der Waals surface area contributed by atoms with Gasteiger partial charge < -0.3 is 10.2 Å². The van der Waals surface area contributed by atoms with Gasteiger partial charge in [-0.15, -0.1) is 11.3 Å². The third kappa shape index (κ3) is 4.19. The smallest absolute Gasteiger partial charge is 0.264 e. The molecule has 0 unspecified atom stereocenters. The Morgan fingerprint density at radius 1 is 1.22 bits per heavy atom. The first-order chi connectivity index (χ1) is 15.4. The molecule has 0 spiro atoms. The topological polar surface area (TPSA) is 84.3 Å². The number of aromatic nitrogens is 2. The molecule has 7 nitrogen and oxygen atoms in total. The number of anilines is 1. The lowest BCUT2D eigenvalue weighted by Gasteiger charge is -2.17. The van der Waals surface area contributed by atoms with Crippen molar-refractivity contribution in [3.8, 4) is 0 Å². The Hall–Kier alpha value is -3.00. The number of amides is 2. The van der Waals surface area contributed by atoms with E-state index < -0.39 is 0 Å². The highest BCUT2D eigenvalue weighted by atomic mass is 32.1. The second-order valence-corrected chi connectivity index (χ2v) is 9.25. The highest BCUT2D eigenvalue weighted by molar-refractivity contribution is 7.20. The number of hydrogen-bond donors (Lipinski definition) is 1. The zero-order chi connectivity index (χ0) is 22.8. The second-order valence-electron chi connectivity index (χ2n) is 8.25. The Bertz CT molecular complexity index is 1240. The maximum absolute atomic E-state index is 13.2. The molecule has 1 aromatic carbocycles. The summed E-state index contributed by atoms with van der Waals surface area (Å²) in [5.74, 6) is 0.275. The Balaban J connectivity index is 1.56. The van der Waals surface area contributed by atoms with E-state index in [0.717, 1.165) is 49.2 Å². The molecule has 1 aliphatic heterocycles. The lowest BCUT2D eigenvalue weighted by molar-refractivity contribution is -0.116. The van der Waals surface area contributed by atoms with Gasteiger partial charge in [0.2, 0.25) is 5.91 Å². The van der Waals surface area contributed by atoms with E-state index in [0.29, 0.717) is 27.2 Å². The van der Waals surface area contributed by atoms with Gasteiger partial charge in [-0.1, -0.05) is 31.5 Å². The van der Waals surface area contributed by atoms with Crippen molar-refractivity contribution in [2.24, 2.45) is 0 Å². The molecule has 0 saturated carbocycles. The molecule has 0 fully saturated rings. The molecule has 32 heavy (non-hydrogen) atoms. The lowest BCUT2D eigenvalue weighted by atomic mass is 10.1. The Kier molecular flexibility index (Phi) is 6.41. The highest BCUT2D eigenvalue weighted by Crippen LogP contribution is 2.29. The number of nitrogens with one attached hydrogen (secondary N) is 1. The minimum absolute atomic E-state index is 0.0590. The number of carbonyl (C=O) groups excluding carboxylic acids is 2. The number of benzene rings is 1. The summed E-state index contributed by atoms with van der Waals surface area (Å²) in [7, 11) is 1.60. The highest BCUT2D eigenvalue weighted by Gasteiger charge is 2.25. The fourth-order valence-electron chi connectivity index (χ4n) is 4.21. The van der Waals surface area contributed by atoms with Crippen molar-refractivity contribution in [1.82, 2.24) is 14.5 Å². The van der Waals surface area contributed by atoms with Gasteiger partial charge in [-0.25, -0.2) is 4.98 Å². The van der Waals surface area contributed by atoms with Crippen LogP contribution in [0.25, 0.3) is 10.2 Å². The van der Waals surface area contributed by atoms with Gasteiger partial charge in [-0.3, -0.25) is 19.0 Å². The van der Waals surface area contributed by atoms with Gasteiger partial charge in [0, 0.05) is 25.7 Å². The number of rotatable bonds is 5. The summed E-state index contributed by atoms with van der Waals surface area (Å²) in [6.45, 7) is 4.42. The lowest BCUT2D eigenvalue weighted by Crippen LogP contribution is -2.35. The molecule has 1 N–H and O–H groups in total. The van der Waals surface area contributed by atoms with E-state index in [2.05, 4.69) is 5.32 Å². The van der Waals surface area contributed by atoms with Gasteiger partial charge in [0.1, 0.15) is 10.7 Å². The molecule has 0 atom stereocenters. The molecule has 3 aromatic rings. The van der Waals surface area contributed by atoms with E-state index in [4.69, 9.17) is 4.98 Å². The predicted octanol–water partition coefficient (Wildman–Crippen LogP) is 3.77. The Morgan fingerprint density at radius 2 is 2.00 bits per heavy atom. The van der Waals surface area contributed by atoms with Crippen molar-refractivity contribution in [3.05, 3.63) is 56.4 Å². The molecule has 0 bridgehead atoms. The number of likely N-dealkylation sites (N-methyl/N-ethyl adjacent to an activating group) is 1. The number of hydrogen-bond acceptors (Lipinski definition) is 5. The Morgan fingerprint density at radius 3 is 2.78 bits per heavy atom. The average Bonchev–Trinajstić information content (AvgIpc) is 2.94. The van der Waals surface area contributed by atoms with Crippen LogP contribution in [0, 0.1) is 6.92 Å². The monoisotopic (exact) mass is 452 g/mol. The van der Waals surface area contributed by atoms with Crippen molar-refractivity contribution in [2.45, 2.75) is 52.5 Å². The molecular formula is C24H28N4O3S. The van der Waals surface area contributed by atoms with Crippen LogP contribution >= 0.6 is 11.3 Å². The molecule has 0 radical (unpaired) electrons. The van der Waals surface area contributed by atoms with Gasteiger partial charge in [0.25, 0.3) is 11.5 Å². The van der Waals surface area contributed by atoms with Crippen LogP contribution in [-0.4, -0.2) is 39.9 Å². The summed E-state index contributed by atoms with van der Waals surface area (Å²) in [5, 5.41) is 3.42. The van der Waals surface area contributed by atoms with Crippen LogP contribution in [0.3, 0.4) is 0 Å². The van der Waals surface area contributed by atoms with Gasteiger partial charge >= 0.3 is 0 Å². The first kappa shape index (κ1) is 22.2. The van der Waals surface area contributed by atoms with E-state index in [1.807, 2.05) is 31.2 Å².